The number of carbonyl (C=O) groups is 5. The van der Waals surface area contributed by atoms with Crippen molar-refractivity contribution in [2.45, 2.75) is 59.0 Å². The summed E-state index contributed by atoms with van der Waals surface area (Å²) in [6.45, 7) is 6.06. The number of aryl methyl sites for hydroxylation is 1. The molecule has 0 unspecified atom stereocenters. The molecule has 1 heterocycles. The molecule has 1 aromatic carbocycles. The van der Waals surface area contributed by atoms with E-state index in [-0.39, 0.29) is 24.8 Å². The molecule has 200 valence electrons. The summed E-state index contributed by atoms with van der Waals surface area (Å²) >= 11 is 0. The van der Waals surface area contributed by atoms with E-state index in [1.807, 2.05) is 0 Å². The van der Waals surface area contributed by atoms with Crippen LogP contribution in [0.25, 0.3) is 11.0 Å². The summed E-state index contributed by atoms with van der Waals surface area (Å²) in [6.07, 6.45) is 1.38. The zero-order chi connectivity index (χ0) is 27.5. The van der Waals surface area contributed by atoms with Gasteiger partial charge < -0.3 is 31.0 Å². The minimum absolute atomic E-state index is 0.162. The van der Waals surface area contributed by atoms with E-state index in [2.05, 4.69) is 26.6 Å². The number of unbranched alkanes of at least 4 members (excludes halogenated alkanes) is 1. The number of hydrogen-bond donors (Lipinski definition) is 5. The topological polar surface area (TPSA) is 176 Å². The second-order valence-corrected chi connectivity index (χ2v) is 8.69. The van der Waals surface area contributed by atoms with E-state index in [0.717, 1.165) is 10.9 Å². The molecule has 5 amide bonds. The number of rotatable bonds is 12. The molecule has 12 nitrogen and oxygen atoms in total. The maximum Gasteiger partial charge on any atom is 0.336 e. The van der Waals surface area contributed by atoms with Crippen LogP contribution in [0.2, 0.25) is 0 Å². The second-order valence-electron chi connectivity index (χ2n) is 8.69. The van der Waals surface area contributed by atoms with Crippen molar-refractivity contribution in [1.29, 1.82) is 0 Å². The highest BCUT2D eigenvalue weighted by Crippen LogP contribution is 2.21. The minimum atomic E-state index is -0.964. The predicted molar refractivity (Wildman–Crippen MR) is 137 cm³/mol. The van der Waals surface area contributed by atoms with Crippen LogP contribution in [0.5, 0.6) is 0 Å². The molecule has 5 N–H and O–H groups in total. The molecule has 0 radical (unpaired) electrons. The van der Waals surface area contributed by atoms with Gasteiger partial charge in [0.15, 0.2) is 0 Å². The number of amides is 5. The number of anilines is 1. The zero-order valence-corrected chi connectivity index (χ0v) is 21.4. The Morgan fingerprint density at radius 3 is 2.30 bits per heavy atom. The Bertz CT molecular complexity index is 1220. The summed E-state index contributed by atoms with van der Waals surface area (Å²) in [7, 11) is 0. The van der Waals surface area contributed by atoms with Gasteiger partial charge in [0.2, 0.25) is 29.5 Å². The van der Waals surface area contributed by atoms with Crippen molar-refractivity contribution in [1.82, 2.24) is 21.3 Å². The van der Waals surface area contributed by atoms with E-state index in [4.69, 9.17) is 4.42 Å². The molecular formula is C25H33N5O7. The lowest BCUT2D eigenvalue weighted by atomic mass is 10.1. The van der Waals surface area contributed by atoms with Crippen LogP contribution in [0.1, 0.15) is 45.6 Å². The van der Waals surface area contributed by atoms with Crippen molar-refractivity contribution in [2.75, 3.05) is 18.4 Å². The first-order valence-corrected chi connectivity index (χ1v) is 11.9. The van der Waals surface area contributed by atoms with E-state index >= 15 is 0 Å². The highest BCUT2D eigenvalue weighted by atomic mass is 16.4. The van der Waals surface area contributed by atoms with E-state index in [1.54, 1.807) is 19.1 Å². The lowest BCUT2D eigenvalue weighted by molar-refractivity contribution is -0.131. The van der Waals surface area contributed by atoms with Crippen molar-refractivity contribution in [3.05, 3.63) is 40.2 Å². The normalized spacial score (nSPS) is 12.2. The Morgan fingerprint density at radius 1 is 0.919 bits per heavy atom. The summed E-state index contributed by atoms with van der Waals surface area (Å²) in [5.74, 6) is -2.18. The molecule has 1 aromatic heterocycles. The lowest BCUT2D eigenvalue weighted by Gasteiger charge is -2.21. The summed E-state index contributed by atoms with van der Waals surface area (Å²) in [5.41, 5.74) is 0.921. The standard InChI is InChI=1S/C25H33N5O7/c1-14-11-23(34)37-21-12-18(8-9-19(14)21)29-25(36)20(7-5-6-10-26-16(3)31)30-24(35)15(2)28-22(33)13-27-17(4)32/h8-9,11-12,15,20H,5-7,10,13H2,1-4H3,(H,26,31)(H,27,32)(H,28,33)(H,29,36)(H,30,35)/t15-,20-/m0/s1. The smallest absolute Gasteiger partial charge is 0.336 e. The molecule has 0 aliphatic rings. The monoisotopic (exact) mass is 515 g/mol. The van der Waals surface area contributed by atoms with Crippen molar-refractivity contribution in [3.8, 4) is 0 Å². The van der Waals surface area contributed by atoms with Crippen LogP contribution in [0.15, 0.2) is 33.5 Å². The van der Waals surface area contributed by atoms with E-state index in [0.29, 0.717) is 30.7 Å². The average Bonchev–Trinajstić information content (AvgIpc) is 2.81. The summed E-state index contributed by atoms with van der Waals surface area (Å²) in [5, 5.41) is 13.6. The highest BCUT2D eigenvalue weighted by molar-refractivity contribution is 5.99. The SMILES string of the molecule is CC(=O)NCCCC[C@H](NC(=O)[C@H](C)NC(=O)CNC(C)=O)C(=O)Nc1ccc2c(C)cc(=O)oc2c1. The van der Waals surface area contributed by atoms with Crippen molar-refractivity contribution in [2.24, 2.45) is 0 Å². The molecule has 12 heteroatoms. The summed E-state index contributed by atoms with van der Waals surface area (Å²) in [4.78, 5) is 71.5. The van der Waals surface area contributed by atoms with Crippen LogP contribution in [0, 0.1) is 6.92 Å². The molecule has 2 rings (SSSR count). The third-order valence-corrected chi connectivity index (χ3v) is 5.41. The van der Waals surface area contributed by atoms with Gasteiger partial charge in [-0.05, 0) is 50.8 Å². The number of carbonyl (C=O) groups excluding carboxylic acids is 5. The Labute approximate surface area is 213 Å². The molecule has 0 bridgehead atoms. The van der Waals surface area contributed by atoms with Gasteiger partial charge in [-0.25, -0.2) is 4.79 Å². The Kier molecular flexibility index (Phi) is 10.8. The molecule has 2 atom stereocenters. The van der Waals surface area contributed by atoms with Crippen LogP contribution < -0.4 is 32.2 Å². The first-order chi connectivity index (χ1) is 17.5. The molecular weight excluding hydrogens is 482 g/mol. The second kappa shape index (κ2) is 13.8. The number of benzene rings is 1. The van der Waals surface area contributed by atoms with Gasteiger partial charge in [0.1, 0.15) is 17.7 Å². The first kappa shape index (κ1) is 29.0. The highest BCUT2D eigenvalue weighted by Gasteiger charge is 2.24. The fourth-order valence-electron chi connectivity index (χ4n) is 3.50. The van der Waals surface area contributed by atoms with Crippen LogP contribution in [0.4, 0.5) is 5.69 Å². The molecule has 0 fully saturated rings. The maximum absolute atomic E-state index is 13.1. The molecule has 0 spiro atoms. The van der Waals surface area contributed by atoms with Crippen molar-refractivity contribution >= 4 is 46.2 Å². The fraction of sp³-hybridized carbons (Fsp3) is 0.440. The largest absolute Gasteiger partial charge is 0.423 e. The summed E-state index contributed by atoms with van der Waals surface area (Å²) in [6, 6.07) is 4.38. The van der Waals surface area contributed by atoms with Gasteiger partial charge in [0, 0.05) is 43.6 Å². The molecule has 0 saturated carbocycles. The van der Waals surface area contributed by atoms with E-state index in [9.17, 15) is 28.8 Å². The van der Waals surface area contributed by atoms with Crippen LogP contribution >= 0.6 is 0 Å². The third-order valence-electron chi connectivity index (χ3n) is 5.41. The van der Waals surface area contributed by atoms with Gasteiger partial charge in [-0.15, -0.1) is 0 Å². The van der Waals surface area contributed by atoms with Gasteiger partial charge in [0.25, 0.3) is 0 Å². The molecule has 0 aliphatic heterocycles. The molecule has 0 aliphatic carbocycles. The Balaban J connectivity index is 2.09. The van der Waals surface area contributed by atoms with Gasteiger partial charge in [-0.1, -0.05) is 0 Å². The van der Waals surface area contributed by atoms with E-state index in [1.165, 1.54) is 32.9 Å². The summed E-state index contributed by atoms with van der Waals surface area (Å²) < 4.78 is 5.23. The lowest BCUT2D eigenvalue weighted by Crippen LogP contribution is -2.52. The number of nitrogens with one attached hydrogen (secondary N) is 5. The van der Waals surface area contributed by atoms with Crippen LogP contribution in [-0.4, -0.2) is 54.7 Å². The van der Waals surface area contributed by atoms with Gasteiger partial charge in [-0.3, -0.25) is 24.0 Å². The quantitative estimate of drug-likeness (QED) is 0.202. The third kappa shape index (κ3) is 9.74. The van der Waals surface area contributed by atoms with Gasteiger partial charge >= 0.3 is 5.63 Å². The molecule has 2 aromatic rings. The van der Waals surface area contributed by atoms with E-state index < -0.39 is 35.4 Å². The fourth-order valence-corrected chi connectivity index (χ4v) is 3.50. The van der Waals surface area contributed by atoms with Crippen molar-refractivity contribution < 1.29 is 28.4 Å². The number of hydrogen-bond acceptors (Lipinski definition) is 7. The molecule has 0 saturated heterocycles. The average molecular weight is 516 g/mol. The first-order valence-electron chi connectivity index (χ1n) is 11.9. The number of fused-ring (bicyclic) bond motifs is 1. The van der Waals surface area contributed by atoms with Crippen molar-refractivity contribution in [3.63, 3.8) is 0 Å². The van der Waals surface area contributed by atoms with Crippen LogP contribution in [0.3, 0.4) is 0 Å². The molecule has 37 heavy (non-hydrogen) atoms. The predicted octanol–water partition coefficient (Wildman–Crippen LogP) is 0.472. The Hall–Kier alpha value is -4.22. The zero-order valence-electron chi connectivity index (χ0n) is 21.4. The van der Waals surface area contributed by atoms with Crippen LogP contribution in [-0.2, 0) is 24.0 Å². The minimum Gasteiger partial charge on any atom is -0.423 e. The Morgan fingerprint density at radius 2 is 1.62 bits per heavy atom. The van der Waals surface area contributed by atoms with Gasteiger partial charge in [0.05, 0.1) is 6.54 Å². The van der Waals surface area contributed by atoms with Gasteiger partial charge in [-0.2, -0.15) is 0 Å². The maximum atomic E-state index is 13.1.